The van der Waals surface area contributed by atoms with Gasteiger partial charge in [0.15, 0.2) is 0 Å². The molecule has 1 aliphatic carbocycles. The van der Waals surface area contributed by atoms with E-state index in [1.54, 1.807) is 6.08 Å². The monoisotopic (exact) mass is 470 g/mol. The van der Waals surface area contributed by atoms with Crippen LogP contribution in [0.15, 0.2) is 58.8 Å². The van der Waals surface area contributed by atoms with E-state index < -0.39 is 17.6 Å². The zero-order chi connectivity index (χ0) is 25.0. The predicted octanol–water partition coefficient (Wildman–Crippen LogP) is 5.96. The fourth-order valence-corrected chi connectivity index (χ4v) is 4.37. The molecule has 0 spiro atoms. The number of fused-ring (bicyclic) bond motifs is 1. The summed E-state index contributed by atoms with van der Waals surface area (Å²) in [5.74, 6) is -1.38. The Morgan fingerprint density at radius 3 is 2.56 bits per heavy atom. The number of benzene rings is 2. The highest BCUT2D eigenvalue weighted by atomic mass is 19.1. The Labute approximate surface area is 196 Å². The summed E-state index contributed by atoms with van der Waals surface area (Å²) in [4.78, 5) is 24.4. The standard InChI is InChI=1S/C25H27FN2O6/c1-14(2)7-5-8-15-9-6-12-25(23(15)26,24(29)30)16-13-19(33-3)20-17(27-31)10-11-18(28-32)21(20)22(16)34-4/h6-7,9-13,23,27,31H,5,8H2,1-4H3,(H,29,30). The molecule has 0 amide bonds. The number of carboxylic acids is 1. The van der Waals surface area contributed by atoms with Crippen LogP contribution in [0.4, 0.5) is 15.8 Å². The van der Waals surface area contributed by atoms with E-state index in [0.29, 0.717) is 18.4 Å². The zero-order valence-corrected chi connectivity index (χ0v) is 19.4. The highest BCUT2D eigenvalue weighted by Gasteiger charge is 2.51. The van der Waals surface area contributed by atoms with Crippen LogP contribution in [0.3, 0.4) is 0 Å². The van der Waals surface area contributed by atoms with Crippen LogP contribution >= 0.6 is 0 Å². The minimum atomic E-state index is -2.15. The summed E-state index contributed by atoms with van der Waals surface area (Å²) in [5.41, 5.74) is 1.33. The Balaban J connectivity index is 2.35. The van der Waals surface area contributed by atoms with Crippen molar-refractivity contribution in [3.05, 3.63) is 64.1 Å². The van der Waals surface area contributed by atoms with E-state index >= 15 is 4.39 Å². The Morgan fingerprint density at radius 1 is 1.26 bits per heavy atom. The van der Waals surface area contributed by atoms with Crippen molar-refractivity contribution in [1.29, 1.82) is 0 Å². The molecule has 0 radical (unpaired) electrons. The van der Waals surface area contributed by atoms with Gasteiger partial charge in [-0.1, -0.05) is 29.9 Å². The molecule has 1 aliphatic rings. The number of halogens is 1. The van der Waals surface area contributed by atoms with Crippen LogP contribution in [0.25, 0.3) is 10.8 Å². The molecule has 0 saturated heterocycles. The van der Waals surface area contributed by atoms with E-state index in [4.69, 9.17) is 9.47 Å². The number of anilines is 1. The van der Waals surface area contributed by atoms with E-state index in [2.05, 4.69) is 5.18 Å². The number of methoxy groups -OCH3 is 2. The lowest BCUT2D eigenvalue weighted by atomic mass is 9.69. The third kappa shape index (κ3) is 4.03. The van der Waals surface area contributed by atoms with Gasteiger partial charge in [0.05, 0.1) is 30.7 Å². The summed E-state index contributed by atoms with van der Waals surface area (Å²) < 4.78 is 27.2. The molecule has 2 unspecified atom stereocenters. The molecule has 0 bridgehead atoms. The SMILES string of the molecule is COc1cc(C2(C(=O)O)C=CC=C(CCC=C(C)C)C2F)c(OC)c2c(N=O)ccc(NO)c12. The summed E-state index contributed by atoms with van der Waals surface area (Å²) in [6, 6.07) is 4.11. The van der Waals surface area contributed by atoms with Gasteiger partial charge in [0.25, 0.3) is 0 Å². The first-order valence-corrected chi connectivity index (χ1v) is 10.6. The normalized spacial score (nSPS) is 19.4. The number of aliphatic carboxylic acids is 1. The molecule has 0 saturated carbocycles. The summed E-state index contributed by atoms with van der Waals surface area (Å²) in [6.45, 7) is 3.87. The fourth-order valence-electron chi connectivity index (χ4n) is 4.37. The van der Waals surface area contributed by atoms with E-state index in [0.717, 1.165) is 5.57 Å². The Hall–Kier alpha value is -3.72. The molecule has 2 aromatic carbocycles. The molecular formula is C25H27FN2O6. The van der Waals surface area contributed by atoms with Crippen molar-refractivity contribution < 1.29 is 29.0 Å². The van der Waals surface area contributed by atoms with Gasteiger partial charge in [-0.3, -0.25) is 15.5 Å². The first-order valence-electron chi connectivity index (χ1n) is 10.6. The van der Waals surface area contributed by atoms with Crippen molar-refractivity contribution in [3.63, 3.8) is 0 Å². The van der Waals surface area contributed by atoms with Gasteiger partial charge in [-0.15, -0.1) is 4.91 Å². The number of hydrogen-bond acceptors (Lipinski definition) is 7. The molecule has 8 nitrogen and oxygen atoms in total. The van der Waals surface area contributed by atoms with E-state index in [-0.39, 0.29) is 39.2 Å². The Kier molecular flexibility index (Phi) is 7.36. The molecule has 3 N–H and O–H groups in total. The molecule has 2 aromatic rings. The lowest BCUT2D eigenvalue weighted by molar-refractivity contribution is -0.143. The van der Waals surface area contributed by atoms with Crippen LogP contribution in [-0.2, 0) is 10.2 Å². The lowest BCUT2D eigenvalue weighted by Gasteiger charge is -2.35. The fraction of sp³-hybridized carbons (Fsp3) is 0.320. The highest BCUT2D eigenvalue weighted by molar-refractivity contribution is 6.10. The third-order valence-corrected chi connectivity index (χ3v) is 6.00. The topological polar surface area (TPSA) is 117 Å². The van der Waals surface area contributed by atoms with E-state index in [9.17, 15) is 20.0 Å². The summed E-state index contributed by atoms with van der Waals surface area (Å²) in [6.07, 6.45) is 5.31. The maximum Gasteiger partial charge on any atom is 0.321 e. The lowest BCUT2D eigenvalue weighted by Crippen LogP contribution is -2.45. The van der Waals surface area contributed by atoms with Crippen LogP contribution in [-0.4, -0.2) is 36.7 Å². The average Bonchev–Trinajstić information content (AvgIpc) is 2.83. The Bertz CT molecular complexity index is 1220. The van der Waals surface area contributed by atoms with E-state index in [1.807, 2.05) is 25.4 Å². The molecule has 0 heterocycles. The molecular weight excluding hydrogens is 443 g/mol. The second-order valence-corrected chi connectivity index (χ2v) is 8.20. The maximum atomic E-state index is 16.2. The van der Waals surface area contributed by atoms with Crippen molar-refractivity contribution in [3.8, 4) is 11.5 Å². The summed E-state index contributed by atoms with van der Waals surface area (Å²) in [5, 5.41) is 23.3. The number of carbonyl (C=O) groups is 1. The molecule has 34 heavy (non-hydrogen) atoms. The van der Waals surface area contributed by atoms with Crippen LogP contribution in [0, 0.1) is 4.91 Å². The molecule has 2 atom stereocenters. The number of rotatable bonds is 9. The van der Waals surface area contributed by atoms with Gasteiger partial charge in [-0.25, -0.2) is 4.39 Å². The zero-order valence-electron chi connectivity index (χ0n) is 19.4. The maximum absolute atomic E-state index is 16.2. The number of nitrogens with zero attached hydrogens (tertiary/aromatic N) is 1. The Morgan fingerprint density at radius 2 is 2.00 bits per heavy atom. The number of alkyl halides is 1. The number of hydrogen-bond donors (Lipinski definition) is 3. The molecule has 0 aromatic heterocycles. The van der Waals surface area contributed by atoms with Gasteiger partial charge in [-0.05, 0) is 55.6 Å². The molecule has 180 valence electrons. The average molecular weight is 470 g/mol. The number of ether oxygens (including phenoxy) is 2. The van der Waals surface area contributed by atoms with Gasteiger partial charge in [0.1, 0.15) is 28.8 Å². The second kappa shape index (κ2) is 10.0. The summed E-state index contributed by atoms with van der Waals surface area (Å²) >= 11 is 0. The van der Waals surface area contributed by atoms with Crippen molar-refractivity contribution in [2.75, 3.05) is 19.7 Å². The van der Waals surface area contributed by atoms with Crippen molar-refractivity contribution >= 4 is 28.1 Å². The number of allylic oxidation sites excluding steroid dienone is 5. The molecule has 0 fully saturated rings. The van der Waals surface area contributed by atoms with Crippen LogP contribution in [0.5, 0.6) is 11.5 Å². The van der Waals surface area contributed by atoms with Crippen molar-refractivity contribution in [1.82, 2.24) is 0 Å². The van der Waals surface area contributed by atoms with E-state index in [1.165, 1.54) is 44.6 Å². The quantitative estimate of drug-likeness (QED) is 0.235. The third-order valence-electron chi connectivity index (χ3n) is 6.00. The van der Waals surface area contributed by atoms with Crippen LogP contribution in [0.1, 0.15) is 32.3 Å². The number of carboxylic acid groups (broad SMARTS) is 1. The predicted molar refractivity (Wildman–Crippen MR) is 128 cm³/mol. The number of nitroso groups, excluding NO2 is 1. The number of nitrogens with one attached hydrogen (secondary N) is 1. The van der Waals surface area contributed by atoms with Crippen LogP contribution < -0.4 is 15.0 Å². The van der Waals surface area contributed by atoms with Crippen LogP contribution in [0.2, 0.25) is 0 Å². The minimum Gasteiger partial charge on any atom is -0.496 e. The smallest absolute Gasteiger partial charge is 0.321 e. The largest absolute Gasteiger partial charge is 0.496 e. The van der Waals surface area contributed by atoms with Crippen molar-refractivity contribution in [2.24, 2.45) is 5.18 Å². The first kappa shape index (κ1) is 24.9. The van der Waals surface area contributed by atoms with Gasteiger partial charge in [0.2, 0.25) is 0 Å². The summed E-state index contributed by atoms with van der Waals surface area (Å²) in [7, 11) is 2.63. The minimum absolute atomic E-state index is 0.0385. The van der Waals surface area contributed by atoms with Gasteiger partial charge >= 0.3 is 5.97 Å². The first-order chi connectivity index (χ1) is 16.3. The van der Waals surface area contributed by atoms with Gasteiger partial charge in [-0.2, -0.15) is 0 Å². The van der Waals surface area contributed by atoms with Crippen molar-refractivity contribution in [2.45, 2.75) is 38.3 Å². The molecule has 3 rings (SSSR count). The molecule has 0 aliphatic heterocycles. The second-order valence-electron chi connectivity index (χ2n) is 8.20. The highest BCUT2D eigenvalue weighted by Crippen LogP contribution is 2.51. The van der Waals surface area contributed by atoms with Gasteiger partial charge < -0.3 is 14.6 Å². The van der Waals surface area contributed by atoms with Gasteiger partial charge in [0, 0.05) is 5.56 Å². The molecule has 9 heteroatoms.